The summed E-state index contributed by atoms with van der Waals surface area (Å²) in [5.74, 6) is 0. The van der Waals surface area contributed by atoms with E-state index in [4.69, 9.17) is 0 Å². The van der Waals surface area contributed by atoms with Crippen molar-refractivity contribution >= 4 is 37.4 Å². The Morgan fingerprint density at radius 3 is 2.69 bits per heavy atom. The summed E-state index contributed by atoms with van der Waals surface area (Å²) >= 11 is 5.17. The fourth-order valence-electron chi connectivity index (χ4n) is 1.63. The minimum atomic E-state index is 1.01. The number of aromatic nitrogens is 1. The van der Waals surface area contributed by atoms with Gasteiger partial charge in [0.15, 0.2) is 0 Å². The number of pyridine rings is 1. The van der Waals surface area contributed by atoms with E-state index in [0.717, 1.165) is 10.2 Å². The van der Waals surface area contributed by atoms with Crippen molar-refractivity contribution < 1.29 is 0 Å². The van der Waals surface area contributed by atoms with Gasteiger partial charge in [-0.3, -0.25) is 4.98 Å². The number of nitrogens with zero attached hydrogens (tertiary/aromatic N) is 1. The lowest BCUT2D eigenvalue weighted by molar-refractivity contribution is 1.32. The fraction of sp³-hybridized carbons (Fsp3) is 0. The second kappa shape index (κ2) is 4.00. The van der Waals surface area contributed by atoms with Crippen molar-refractivity contribution in [2.24, 2.45) is 0 Å². The predicted octanol–water partition coefficient (Wildman–Crippen LogP) is 4.73. The monoisotopic (exact) mass is 289 g/mol. The van der Waals surface area contributed by atoms with Crippen molar-refractivity contribution in [3.63, 3.8) is 0 Å². The summed E-state index contributed by atoms with van der Waals surface area (Å²) in [6, 6.07) is 14.7. The molecular weight excluding hydrogens is 282 g/mol. The highest BCUT2D eigenvalue weighted by Crippen LogP contribution is 2.32. The molecule has 0 N–H and O–H groups in total. The molecule has 78 valence electrons. The molecule has 2 heterocycles. The van der Waals surface area contributed by atoms with Gasteiger partial charge in [0.2, 0.25) is 0 Å². The van der Waals surface area contributed by atoms with E-state index in [2.05, 4.69) is 51.2 Å². The maximum absolute atomic E-state index is 4.41. The van der Waals surface area contributed by atoms with Crippen LogP contribution in [0.25, 0.3) is 20.7 Å². The van der Waals surface area contributed by atoms with Crippen molar-refractivity contribution in [2.75, 3.05) is 0 Å². The van der Waals surface area contributed by atoms with Gasteiger partial charge in [0.1, 0.15) is 0 Å². The van der Waals surface area contributed by atoms with E-state index < -0.39 is 0 Å². The molecule has 0 saturated heterocycles. The van der Waals surface area contributed by atoms with Crippen LogP contribution in [0.4, 0.5) is 0 Å². The predicted molar refractivity (Wildman–Crippen MR) is 72.8 cm³/mol. The van der Waals surface area contributed by atoms with Crippen LogP contribution < -0.4 is 0 Å². The van der Waals surface area contributed by atoms with E-state index >= 15 is 0 Å². The molecule has 0 saturated carbocycles. The van der Waals surface area contributed by atoms with Gasteiger partial charge in [-0.15, -0.1) is 11.3 Å². The maximum Gasteiger partial charge on any atom is 0.0802 e. The Morgan fingerprint density at radius 2 is 1.94 bits per heavy atom. The minimum Gasteiger partial charge on any atom is -0.254 e. The molecule has 1 nitrogen and oxygen atoms in total. The summed E-state index contributed by atoms with van der Waals surface area (Å²) in [6.45, 7) is 0. The van der Waals surface area contributed by atoms with E-state index in [1.165, 1.54) is 15.0 Å². The summed E-state index contributed by atoms with van der Waals surface area (Å²) in [5.41, 5.74) is 1.03. The lowest BCUT2D eigenvalue weighted by atomic mass is 10.2. The number of rotatable bonds is 1. The second-order valence-electron chi connectivity index (χ2n) is 3.51. The highest BCUT2D eigenvalue weighted by molar-refractivity contribution is 9.10. The first-order valence-corrected chi connectivity index (χ1v) is 6.54. The molecule has 0 unspecified atom stereocenters. The second-order valence-corrected chi connectivity index (χ2v) is 5.51. The molecule has 0 radical (unpaired) electrons. The lowest BCUT2D eigenvalue weighted by Gasteiger charge is -1.95. The van der Waals surface area contributed by atoms with Gasteiger partial charge >= 0.3 is 0 Å². The van der Waals surface area contributed by atoms with Gasteiger partial charge in [-0.05, 0) is 45.6 Å². The van der Waals surface area contributed by atoms with E-state index in [0.29, 0.717) is 0 Å². The van der Waals surface area contributed by atoms with Crippen LogP contribution in [0.15, 0.2) is 53.1 Å². The summed E-state index contributed by atoms with van der Waals surface area (Å²) in [5, 5.41) is 1.28. The number of halogens is 1. The normalized spacial score (nSPS) is 10.8. The van der Waals surface area contributed by atoms with Gasteiger partial charge in [-0.25, -0.2) is 0 Å². The molecule has 0 aliphatic carbocycles. The Balaban J connectivity index is 2.15. The minimum absolute atomic E-state index is 1.01. The van der Waals surface area contributed by atoms with Crippen LogP contribution in [0.3, 0.4) is 0 Å². The van der Waals surface area contributed by atoms with Crippen molar-refractivity contribution in [1.29, 1.82) is 0 Å². The van der Waals surface area contributed by atoms with Gasteiger partial charge < -0.3 is 0 Å². The molecule has 3 rings (SSSR count). The Labute approximate surface area is 106 Å². The zero-order valence-electron chi connectivity index (χ0n) is 8.35. The number of hydrogen-bond donors (Lipinski definition) is 0. The fourth-order valence-corrected chi connectivity index (χ4v) is 2.90. The zero-order chi connectivity index (χ0) is 11.0. The molecule has 0 aliphatic rings. The zero-order valence-corrected chi connectivity index (χ0v) is 10.8. The van der Waals surface area contributed by atoms with E-state index in [-0.39, 0.29) is 0 Å². The smallest absolute Gasteiger partial charge is 0.0802 e. The number of benzene rings is 1. The van der Waals surface area contributed by atoms with Gasteiger partial charge in [-0.2, -0.15) is 0 Å². The molecule has 0 spiro atoms. The molecule has 16 heavy (non-hydrogen) atoms. The first-order valence-electron chi connectivity index (χ1n) is 4.93. The van der Waals surface area contributed by atoms with Crippen molar-refractivity contribution in [1.82, 2.24) is 4.98 Å². The Bertz CT molecular complexity index is 595. The van der Waals surface area contributed by atoms with Gasteiger partial charge in [0.25, 0.3) is 0 Å². The molecule has 0 fully saturated rings. The Kier molecular flexibility index (Phi) is 2.50. The van der Waals surface area contributed by atoms with Crippen LogP contribution in [-0.2, 0) is 0 Å². The van der Waals surface area contributed by atoms with Crippen LogP contribution in [0, 0.1) is 0 Å². The van der Waals surface area contributed by atoms with Crippen LogP contribution in [-0.4, -0.2) is 4.98 Å². The summed E-state index contributed by atoms with van der Waals surface area (Å²) in [4.78, 5) is 5.62. The standard InChI is InChI=1S/C13H8BrNS/c14-10-5-6-11(15-8-10)13-7-9-3-1-2-4-12(9)16-13/h1-8H. The third kappa shape index (κ3) is 1.77. The quantitative estimate of drug-likeness (QED) is 0.631. The third-order valence-electron chi connectivity index (χ3n) is 2.41. The number of thiophene rings is 1. The molecule has 0 amide bonds. The molecule has 3 aromatic rings. The van der Waals surface area contributed by atoms with Crippen molar-refractivity contribution in [3.8, 4) is 10.6 Å². The Hall–Kier alpha value is -1.19. The molecule has 0 bridgehead atoms. The van der Waals surface area contributed by atoms with E-state index in [1.54, 1.807) is 11.3 Å². The average molecular weight is 290 g/mol. The lowest BCUT2D eigenvalue weighted by Crippen LogP contribution is -1.77. The van der Waals surface area contributed by atoms with Gasteiger partial charge in [0, 0.05) is 15.4 Å². The van der Waals surface area contributed by atoms with Crippen LogP contribution in [0.5, 0.6) is 0 Å². The maximum atomic E-state index is 4.41. The number of fused-ring (bicyclic) bond motifs is 1. The molecule has 2 aromatic heterocycles. The van der Waals surface area contributed by atoms with Crippen molar-refractivity contribution in [2.45, 2.75) is 0 Å². The molecule has 0 atom stereocenters. The molecule has 3 heteroatoms. The topological polar surface area (TPSA) is 12.9 Å². The van der Waals surface area contributed by atoms with Gasteiger partial charge in [-0.1, -0.05) is 18.2 Å². The van der Waals surface area contributed by atoms with Crippen LogP contribution >= 0.6 is 27.3 Å². The van der Waals surface area contributed by atoms with Gasteiger partial charge in [0.05, 0.1) is 10.6 Å². The highest BCUT2D eigenvalue weighted by Gasteiger charge is 2.04. The summed E-state index contributed by atoms with van der Waals surface area (Å²) in [7, 11) is 0. The van der Waals surface area contributed by atoms with E-state index in [1.807, 2.05) is 18.3 Å². The highest BCUT2D eigenvalue weighted by atomic mass is 79.9. The molecule has 1 aromatic carbocycles. The summed E-state index contributed by atoms with van der Waals surface area (Å²) < 4.78 is 2.32. The van der Waals surface area contributed by atoms with Crippen molar-refractivity contribution in [3.05, 3.63) is 53.1 Å². The largest absolute Gasteiger partial charge is 0.254 e. The third-order valence-corrected chi connectivity index (χ3v) is 4.01. The van der Waals surface area contributed by atoms with Crippen LogP contribution in [0.2, 0.25) is 0 Å². The first-order chi connectivity index (χ1) is 7.83. The molecule has 0 aliphatic heterocycles. The summed E-state index contributed by atoms with van der Waals surface area (Å²) in [6.07, 6.45) is 1.83. The van der Waals surface area contributed by atoms with E-state index in [9.17, 15) is 0 Å². The van der Waals surface area contributed by atoms with Crippen LogP contribution in [0.1, 0.15) is 0 Å². The SMILES string of the molecule is Brc1ccc(-c2cc3ccccc3s2)nc1. The average Bonchev–Trinajstić information content (AvgIpc) is 2.73. The number of hydrogen-bond acceptors (Lipinski definition) is 2. The Morgan fingerprint density at radius 1 is 1.06 bits per heavy atom. The molecular formula is C13H8BrNS. The first kappa shape index (κ1) is 10.00.